The molecule has 0 aromatic carbocycles. The Morgan fingerprint density at radius 1 is 1.11 bits per heavy atom. The summed E-state index contributed by atoms with van der Waals surface area (Å²) in [6.45, 7) is 5.49. The monoisotopic (exact) mass is 409 g/mol. The number of halogens is 2. The SMILES string of the molecule is CCCCCCCCC(NCC)c1cc(Br)c(Br)s1. The van der Waals surface area contributed by atoms with Gasteiger partial charge in [0.1, 0.15) is 0 Å². The fourth-order valence-corrected chi connectivity index (χ4v) is 4.45. The molecular formula is C15H25Br2NS. The molecule has 0 radical (unpaired) electrons. The van der Waals surface area contributed by atoms with E-state index in [1.807, 2.05) is 11.3 Å². The van der Waals surface area contributed by atoms with Crippen LogP contribution in [-0.2, 0) is 0 Å². The molecule has 0 aliphatic rings. The van der Waals surface area contributed by atoms with Crippen molar-refractivity contribution in [1.29, 1.82) is 0 Å². The fourth-order valence-electron chi connectivity index (χ4n) is 2.26. The molecule has 19 heavy (non-hydrogen) atoms. The molecule has 1 heterocycles. The van der Waals surface area contributed by atoms with Crippen molar-refractivity contribution in [1.82, 2.24) is 5.32 Å². The molecule has 0 aliphatic heterocycles. The van der Waals surface area contributed by atoms with Crippen LogP contribution in [0.15, 0.2) is 14.3 Å². The summed E-state index contributed by atoms with van der Waals surface area (Å²) in [4.78, 5) is 1.44. The Hall–Kier alpha value is 0.620. The molecule has 1 aromatic rings. The molecule has 1 unspecified atom stereocenters. The molecule has 1 N–H and O–H groups in total. The standard InChI is InChI=1S/C15H25Br2NS/c1-3-5-6-7-8-9-10-13(18-4-2)14-11-12(16)15(17)19-14/h11,13,18H,3-10H2,1-2H3. The highest BCUT2D eigenvalue weighted by Crippen LogP contribution is 2.36. The summed E-state index contributed by atoms with van der Waals surface area (Å²) >= 11 is 9.01. The highest BCUT2D eigenvalue weighted by Gasteiger charge is 2.14. The third-order valence-corrected chi connectivity index (χ3v) is 6.67. The maximum Gasteiger partial charge on any atom is 0.0843 e. The van der Waals surface area contributed by atoms with E-state index in [-0.39, 0.29) is 0 Å². The van der Waals surface area contributed by atoms with Crippen molar-refractivity contribution in [2.45, 2.75) is 64.8 Å². The summed E-state index contributed by atoms with van der Waals surface area (Å²) in [5.74, 6) is 0. The van der Waals surface area contributed by atoms with Gasteiger partial charge >= 0.3 is 0 Å². The topological polar surface area (TPSA) is 12.0 Å². The van der Waals surface area contributed by atoms with Crippen molar-refractivity contribution >= 4 is 43.2 Å². The molecule has 0 saturated heterocycles. The number of thiophene rings is 1. The zero-order valence-electron chi connectivity index (χ0n) is 12.0. The van der Waals surface area contributed by atoms with E-state index in [1.165, 1.54) is 58.1 Å². The van der Waals surface area contributed by atoms with E-state index < -0.39 is 0 Å². The van der Waals surface area contributed by atoms with E-state index in [1.54, 1.807) is 0 Å². The molecule has 1 rings (SSSR count). The summed E-state index contributed by atoms with van der Waals surface area (Å²) in [6, 6.07) is 2.77. The molecule has 1 aromatic heterocycles. The van der Waals surface area contributed by atoms with E-state index >= 15 is 0 Å². The van der Waals surface area contributed by atoms with Crippen molar-refractivity contribution in [2.75, 3.05) is 6.54 Å². The van der Waals surface area contributed by atoms with Gasteiger partial charge in [-0.25, -0.2) is 0 Å². The molecule has 1 nitrogen and oxygen atoms in total. The Kier molecular flexibility index (Phi) is 9.64. The van der Waals surface area contributed by atoms with E-state index in [4.69, 9.17) is 0 Å². The normalized spacial score (nSPS) is 12.8. The third-order valence-electron chi connectivity index (χ3n) is 3.30. The van der Waals surface area contributed by atoms with Crippen molar-refractivity contribution < 1.29 is 0 Å². The van der Waals surface area contributed by atoms with E-state index in [0.29, 0.717) is 6.04 Å². The predicted molar refractivity (Wildman–Crippen MR) is 94.1 cm³/mol. The van der Waals surface area contributed by atoms with Gasteiger partial charge in [0, 0.05) is 15.4 Å². The Morgan fingerprint density at radius 3 is 2.37 bits per heavy atom. The van der Waals surface area contributed by atoms with Gasteiger partial charge in [-0.2, -0.15) is 0 Å². The van der Waals surface area contributed by atoms with Crippen LogP contribution < -0.4 is 5.32 Å². The first kappa shape index (κ1) is 17.7. The molecule has 0 bridgehead atoms. The average molecular weight is 411 g/mol. The Morgan fingerprint density at radius 2 is 1.79 bits per heavy atom. The minimum atomic E-state index is 0.517. The highest BCUT2D eigenvalue weighted by molar-refractivity contribution is 9.13. The molecule has 0 spiro atoms. The molecule has 0 aliphatic carbocycles. The van der Waals surface area contributed by atoms with Crippen LogP contribution in [0.2, 0.25) is 0 Å². The molecule has 1 atom stereocenters. The fraction of sp³-hybridized carbons (Fsp3) is 0.733. The summed E-state index contributed by atoms with van der Waals surface area (Å²) in [7, 11) is 0. The summed E-state index contributed by atoms with van der Waals surface area (Å²) < 4.78 is 2.38. The summed E-state index contributed by atoms with van der Waals surface area (Å²) in [5, 5.41) is 3.61. The van der Waals surface area contributed by atoms with Crippen LogP contribution in [0.4, 0.5) is 0 Å². The van der Waals surface area contributed by atoms with E-state index in [0.717, 1.165) is 6.54 Å². The van der Waals surface area contributed by atoms with Crippen molar-refractivity contribution in [2.24, 2.45) is 0 Å². The Labute approximate surface area is 138 Å². The van der Waals surface area contributed by atoms with Gasteiger partial charge in [0.2, 0.25) is 0 Å². The summed E-state index contributed by atoms with van der Waals surface area (Å²) in [5.41, 5.74) is 0. The lowest BCUT2D eigenvalue weighted by Crippen LogP contribution is -2.19. The van der Waals surface area contributed by atoms with Gasteiger partial charge in [-0.15, -0.1) is 11.3 Å². The second kappa shape index (κ2) is 10.4. The second-order valence-corrected chi connectivity index (χ2v) is 8.19. The largest absolute Gasteiger partial charge is 0.310 e. The smallest absolute Gasteiger partial charge is 0.0843 e. The van der Waals surface area contributed by atoms with Crippen LogP contribution in [0, 0.1) is 0 Å². The zero-order chi connectivity index (χ0) is 14.1. The van der Waals surface area contributed by atoms with Crippen LogP contribution >= 0.6 is 43.2 Å². The quantitative estimate of drug-likeness (QED) is 0.424. The molecule has 4 heteroatoms. The van der Waals surface area contributed by atoms with Crippen LogP contribution in [0.25, 0.3) is 0 Å². The Balaban J connectivity index is 2.36. The lowest BCUT2D eigenvalue weighted by atomic mass is 10.0. The van der Waals surface area contributed by atoms with Gasteiger partial charge in [0.25, 0.3) is 0 Å². The maximum atomic E-state index is 3.61. The first-order valence-corrected chi connectivity index (χ1v) is 9.77. The third kappa shape index (κ3) is 6.74. The first-order chi connectivity index (χ1) is 9.19. The van der Waals surface area contributed by atoms with Gasteiger partial charge in [-0.3, -0.25) is 0 Å². The van der Waals surface area contributed by atoms with Gasteiger partial charge in [-0.1, -0.05) is 52.4 Å². The van der Waals surface area contributed by atoms with Crippen LogP contribution in [0.1, 0.15) is 69.7 Å². The minimum Gasteiger partial charge on any atom is -0.310 e. The number of unbranched alkanes of at least 4 members (excludes halogenated alkanes) is 5. The van der Waals surface area contributed by atoms with Gasteiger partial charge < -0.3 is 5.32 Å². The average Bonchev–Trinajstić information content (AvgIpc) is 2.72. The van der Waals surface area contributed by atoms with Crippen LogP contribution in [0.3, 0.4) is 0 Å². The molecule has 110 valence electrons. The van der Waals surface area contributed by atoms with Crippen molar-refractivity contribution in [3.8, 4) is 0 Å². The number of hydrogen-bond acceptors (Lipinski definition) is 2. The molecule has 0 saturated carbocycles. The van der Waals surface area contributed by atoms with E-state index in [9.17, 15) is 0 Å². The number of nitrogens with one attached hydrogen (secondary N) is 1. The highest BCUT2D eigenvalue weighted by atomic mass is 79.9. The second-order valence-electron chi connectivity index (χ2n) is 4.94. The van der Waals surface area contributed by atoms with Crippen molar-refractivity contribution in [3.63, 3.8) is 0 Å². The molecule has 0 amide bonds. The number of hydrogen-bond donors (Lipinski definition) is 1. The zero-order valence-corrected chi connectivity index (χ0v) is 16.0. The first-order valence-electron chi connectivity index (χ1n) is 7.37. The van der Waals surface area contributed by atoms with Gasteiger partial charge in [0.15, 0.2) is 0 Å². The van der Waals surface area contributed by atoms with Gasteiger partial charge in [-0.05, 0) is 50.9 Å². The maximum absolute atomic E-state index is 3.61. The molecule has 0 fully saturated rings. The minimum absolute atomic E-state index is 0.517. The lowest BCUT2D eigenvalue weighted by Gasteiger charge is -2.16. The van der Waals surface area contributed by atoms with Crippen molar-refractivity contribution in [3.05, 3.63) is 19.2 Å². The summed E-state index contributed by atoms with van der Waals surface area (Å²) in [6.07, 6.45) is 9.46. The lowest BCUT2D eigenvalue weighted by molar-refractivity contribution is 0.482. The predicted octanol–water partition coefficient (Wildman–Crippen LogP) is 6.67. The van der Waals surface area contributed by atoms with Crippen LogP contribution in [-0.4, -0.2) is 6.54 Å². The van der Waals surface area contributed by atoms with Gasteiger partial charge in [0.05, 0.1) is 3.79 Å². The molecular weight excluding hydrogens is 386 g/mol. The van der Waals surface area contributed by atoms with E-state index in [2.05, 4.69) is 57.1 Å². The number of rotatable bonds is 10. The Bertz CT molecular complexity index is 332. The van der Waals surface area contributed by atoms with Crippen LogP contribution in [0.5, 0.6) is 0 Å².